The fraction of sp³-hybridized carbons (Fsp3) is 0.192. The summed E-state index contributed by atoms with van der Waals surface area (Å²) < 4.78 is 79.7. The van der Waals surface area contributed by atoms with Gasteiger partial charge >= 0.3 is 31.7 Å². The van der Waals surface area contributed by atoms with Crippen LogP contribution in [0.1, 0.15) is 55.6 Å². The zero-order valence-electron chi connectivity index (χ0n) is 37.3. The molecule has 0 unspecified atom stereocenters. The Morgan fingerprint density at radius 3 is 1.38 bits per heavy atom. The number of anilines is 2. The van der Waals surface area contributed by atoms with Crippen molar-refractivity contribution in [3.63, 3.8) is 0 Å². The van der Waals surface area contributed by atoms with Crippen molar-refractivity contribution in [2.45, 2.75) is 52.6 Å². The van der Waals surface area contributed by atoms with Gasteiger partial charge in [-0.25, -0.2) is 9.59 Å². The Bertz CT molecular complexity index is 3490. The van der Waals surface area contributed by atoms with Gasteiger partial charge in [0.15, 0.2) is 0 Å². The predicted molar refractivity (Wildman–Crippen MR) is 269 cm³/mol. The minimum atomic E-state index is -3.86. The van der Waals surface area contributed by atoms with Crippen LogP contribution in [0, 0.1) is 13.8 Å². The number of halogens is 2. The largest absolute Gasteiger partial charge is 0.454 e. The van der Waals surface area contributed by atoms with Crippen molar-refractivity contribution in [2.75, 3.05) is 22.5 Å². The molecule has 0 amide bonds. The Morgan fingerprint density at radius 1 is 0.551 bits per heavy atom. The maximum atomic E-state index is 13.6. The van der Waals surface area contributed by atoms with Crippen LogP contribution in [0.4, 0.5) is 11.4 Å². The second-order valence-corrected chi connectivity index (χ2v) is 21.5. The van der Waals surface area contributed by atoms with E-state index in [4.69, 9.17) is 36.8 Å². The molecule has 2 aromatic heterocycles. The SMILES string of the molecule is Cc1c(Cc2cccc(NS(=O)(=O)N3CCc4ccccc4C3)c2)c(=O)oc2cc(Oc3cc4oc(=O)c(Cc5cccc(NS(=O)(=O)N6CCc7ccccc7C6)c5)c(C)c4cc3Cl)c(Cl)cc12. The molecule has 0 saturated heterocycles. The molecule has 10 rings (SSSR count). The first kappa shape index (κ1) is 46.3. The molecule has 352 valence electrons. The molecular formula is C52H44Cl2N4O9S2. The summed E-state index contributed by atoms with van der Waals surface area (Å²) in [6, 6.07) is 35.7. The minimum absolute atomic E-state index is 0.134. The van der Waals surface area contributed by atoms with E-state index in [1.165, 1.54) is 20.7 Å². The molecule has 0 fully saturated rings. The van der Waals surface area contributed by atoms with E-state index in [-0.39, 0.29) is 58.6 Å². The molecule has 6 aromatic carbocycles. The van der Waals surface area contributed by atoms with Crippen molar-refractivity contribution in [2.24, 2.45) is 0 Å². The second kappa shape index (κ2) is 18.5. The molecule has 0 radical (unpaired) electrons. The number of fused-ring (bicyclic) bond motifs is 4. The maximum absolute atomic E-state index is 13.6. The van der Waals surface area contributed by atoms with E-state index in [1.807, 2.05) is 60.7 Å². The third-order valence-corrected chi connectivity index (χ3v) is 16.4. The smallest absolute Gasteiger partial charge is 0.340 e. The quantitative estimate of drug-likeness (QED) is 0.113. The van der Waals surface area contributed by atoms with Gasteiger partial charge in [-0.15, -0.1) is 0 Å². The first-order chi connectivity index (χ1) is 33.1. The normalized spacial score (nSPS) is 14.4. The number of ether oxygens (including phenoxy) is 1. The van der Waals surface area contributed by atoms with Gasteiger partial charge in [-0.3, -0.25) is 9.44 Å². The highest BCUT2D eigenvalue weighted by molar-refractivity contribution is 7.90. The highest BCUT2D eigenvalue weighted by Crippen LogP contribution is 2.40. The molecule has 2 N–H and O–H groups in total. The Balaban J connectivity index is 0.844. The van der Waals surface area contributed by atoms with E-state index in [2.05, 4.69) is 9.44 Å². The van der Waals surface area contributed by atoms with Crippen molar-refractivity contribution < 1.29 is 30.4 Å². The van der Waals surface area contributed by atoms with Gasteiger partial charge in [0.2, 0.25) is 0 Å². The fourth-order valence-corrected chi connectivity index (χ4v) is 11.9. The maximum Gasteiger partial charge on any atom is 0.340 e. The number of aryl methyl sites for hydroxylation is 2. The summed E-state index contributed by atoms with van der Waals surface area (Å²) >= 11 is 13.6. The number of hydrogen-bond donors (Lipinski definition) is 2. The molecule has 8 aromatic rings. The molecule has 17 heteroatoms. The zero-order valence-corrected chi connectivity index (χ0v) is 40.5. The van der Waals surface area contributed by atoms with Gasteiger partial charge in [-0.1, -0.05) is 96.0 Å². The lowest BCUT2D eigenvalue weighted by Crippen LogP contribution is -2.39. The monoisotopic (exact) mass is 1000 g/mol. The average molecular weight is 1000 g/mol. The van der Waals surface area contributed by atoms with Gasteiger partial charge < -0.3 is 13.6 Å². The molecule has 69 heavy (non-hydrogen) atoms. The summed E-state index contributed by atoms with van der Waals surface area (Å²) in [7, 11) is -7.71. The van der Waals surface area contributed by atoms with E-state index >= 15 is 0 Å². The number of nitrogens with zero attached hydrogens (tertiary/aromatic N) is 2. The summed E-state index contributed by atoms with van der Waals surface area (Å²) in [6.45, 7) is 4.85. The lowest BCUT2D eigenvalue weighted by molar-refractivity contribution is 0.394. The lowest BCUT2D eigenvalue weighted by Gasteiger charge is -2.28. The lowest BCUT2D eigenvalue weighted by atomic mass is 9.99. The fourth-order valence-electron chi connectivity index (χ4n) is 9.14. The van der Waals surface area contributed by atoms with Crippen LogP contribution < -0.4 is 25.4 Å². The van der Waals surface area contributed by atoms with Gasteiger partial charge in [-0.05, 0) is 108 Å². The molecule has 0 saturated carbocycles. The zero-order chi connectivity index (χ0) is 48.2. The van der Waals surface area contributed by atoms with Crippen LogP contribution in [0.25, 0.3) is 21.9 Å². The Kier molecular flexibility index (Phi) is 12.4. The summed E-state index contributed by atoms with van der Waals surface area (Å²) in [5.41, 5.74) is 7.60. The topological polar surface area (TPSA) is 168 Å². The molecule has 2 aliphatic heterocycles. The van der Waals surface area contributed by atoms with Crippen molar-refractivity contribution in [3.05, 3.63) is 208 Å². The standard InChI is InChI=1S/C52H44Cl2N4O9S2/c1-31-41-25-45(53)49(27-47(41)66-51(59)43(31)23-33-9-7-15-39(21-33)55-68(61,62)57-19-17-35-11-3-5-13-37(35)29-57)65-50-28-48-42(26-46(50)54)32(2)44(52(60)67-48)24-34-10-8-16-40(22-34)56-69(63,64)58-20-18-36-12-4-6-14-38(36)30-58/h3-16,21-22,25-28,55-56H,17-20,23-24,29-30H2,1-2H3. The van der Waals surface area contributed by atoms with Gasteiger partial charge in [0, 0.05) is 73.1 Å². The molecule has 0 atom stereocenters. The van der Waals surface area contributed by atoms with Crippen LogP contribution >= 0.6 is 23.2 Å². The van der Waals surface area contributed by atoms with Crippen molar-refractivity contribution in [3.8, 4) is 11.5 Å². The Hall–Kier alpha value is -6.46. The van der Waals surface area contributed by atoms with Crippen LogP contribution in [-0.4, -0.2) is 38.5 Å². The summed E-state index contributed by atoms with van der Waals surface area (Å²) in [4.78, 5) is 27.1. The van der Waals surface area contributed by atoms with Gasteiger partial charge in [0.25, 0.3) is 0 Å². The van der Waals surface area contributed by atoms with Crippen molar-refractivity contribution >= 4 is 76.9 Å². The molecule has 2 aliphatic rings. The molecule has 13 nitrogen and oxygen atoms in total. The second-order valence-electron chi connectivity index (χ2n) is 17.3. The van der Waals surface area contributed by atoms with Gasteiger partial charge in [-0.2, -0.15) is 25.4 Å². The predicted octanol–water partition coefficient (Wildman–Crippen LogP) is 10.2. The highest BCUT2D eigenvalue weighted by Gasteiger charge is 2.28. The molecule has 0 bridgehead atoms. The molecule has 0 aliphatic carbocycles. The number of nitrogens with one attached hydrogen (secondary N) is 2. The van der Waals surface area contributed by atoms with E-state index in [1.54, 1.807) is 62.4 Å². The van der Waals surface area contributed by atoms with Crippen molar-refractivity contribution in [1.82, 2.24) is 8.61 Å². The van der Waals surface area contributed by atoms with Gasteiger partial charge in [0.05, 0.1) is 21.4 Å². The first-order valence-corrected chi connectivity index (χ1v) is 25.8. The first-order valence-electron chi connectivity index (χ1n) is 22.2. The number of benzene rings is 6. The van der Waals surface area contributed by atoms with Crippen LogP contribution in [0.3, 0.4) is 0 Å². The van der Waals surface area contributed by atoms with Crippen LogP contribution in [0.15, 0.2) is 140 Å². The van der Waals surface area contributed by atoms with E-state index in [0.29, 0.717) is 81.5 Å². The summed E-state index contributed by atoms with van der Waals surface area (Å²) in [6.07, 6.45) is 1.57. The Morgan fingerprint density at radius 2 is 0.957 bits per heavy atom. The van der Waals surface area contributed by atoms with Crippen LogP contribution in [-0.2, 0) is 59.2 Å². The molecule has 0 spiro atoms. The van der Waals surface area contributed by atoms with Crippen LogP contribution in [0.2, 0.25) is 10.0 Å². The number of hydrogen-bond acceptors (Lipinski definition) is 9. The number of rotatable bonds is 12. The Labute approximate surface area is 408 Å². The summed E-state index contributed by atoms with van der Waals surface area (Å²) in [5.74, 6) is 0.267. The van der Waals surface area contributed by atoms with Crippen LogP contribution in [0.5, 0.6) is 11.5 Å². The summed E-state index contributed by atoms with van der Waals surface area (Å²) in [5, 5.41) is 1.52. The van der Waals surface area contributed by atoms with E-state index in [9.17, 15) is 26.4 Å². The van der Waals surface area contributed by atoms with Crippen molar-refractivity contribution in [1.29, 1.82) is 0 Å². The highest BCUT2D eigenvalue weighted by atomic mass is 35.5. The molecular weight excluding hydrogens is 960 g/mol. The molecule has 4 heterocycles. The van der Waals surface area contributed by atoms with E-state index in [0.717, 1.165) is 22.3 Å². The third kappa shape index (κ3) is 9.50. The van der Waals surface area contributed by atoms with E-state index < -0.39 is 31.7 Å². The van der Waals surface area contributed by atoms with Gasteiger partial charge in [0.1, 0.15) is 22.7 Å². The third-order valence-electron chi connectivity index (χ3n) is 12.9. The minimum Gasteiger partial charge on any atom is -0.454 e. The average Bonchev–Trinajstić information content (AvgIpc) is 3.32.